The van der Waals surface area contributed by atoms with E-state index < -0.39 is 179 Å². The van der Waals surface area contributed by atoms with Crippen LogP contribution in [0, 0.1) is 0 Å². The molecule has 0 N–H and O–H groups in total. The van der Waals surface area contributed by atoms with E-state index in [-0.39, 0.29) is 48.5 Å². The summed E-state index contributed by atoms with van der Waals surface area (Å²) in [6.45, 7) is 0. The molecule has 2 nitrogen and oxygen atoms in total. The molecule has 0 saturated carbocycles. The Hall–Kier alpha value is -5.58. The third-order valence-corrected chi connectivity index (χ3v) is 14.0. The highest BCUT2D eigenvalue weighted by Crippen LogP contribution is 2.55. The van der Waals surface area contributed by atoms with Crippen molar-refractivity contribution in [3.05, 3.63) is 189 Å². The maximum atomic E-state index is 14.4. The number of halogens is 24. The lowest BCUT2D eigenvalue weighted by atomic mass is 9.98. The van der Waals surface area contributed by atoms with Crippen LogP contribution in [0.25, 0.3) is 0 Å². The first-order valence-corrected chi connectivity index (χ1v) is 22.4. The molecule has 0 aliphatic carbocycles. The molecule has 0 radical (unpaired) electrons. The second-order valence-corrected chi connectivity index (χ2v) is 19.2. The fourth-order valence-electron chi connectivity index (χ4n) is 6.86. The molecule has 0 aliphatic heterocycles. The van der Waals surface area contributed by atoms with Crippen LogP contribution in [0.2, 0.25) is 0 Å². The van der Waals surface area contributed by atoms with Crippen molar-refractivity contribution in [3.63, 3.8) is 0 Å². The van der Waals surface area contributed by atoms with Gasteiger partial charge >= 0.3 is 49.4 Å². The minimum Gasteiger partial charge on any atom is -0.339 e. The maximum absolute atomic E-state index is 14.4. The van der Waals surface area contributed by atoms with Crippen molar-refractivity contribution in [2.24, 2.45) is 0 Å². The molecule has 6 rings (SSSR count). The summed E-state index contributed by atoms with van der Waals surface area (Å²) in [7, 11) is -8.15. The average molecular weight is 1130 g/mol. The lowest BCUT2D eigenvalue weighted by molar-refractivity contribution is -0.144. The summed E-state index contributed by atoms with van der Waals surface area (Å²) < 4.78 is 358. The zero-order valence-electron chi connectivity index (χ0n) is 35.6. The Morgan fingerprint density at radius 3 is 0.554 bits per heavy atom. The Bertz CT molecular complexity index is 2440. The Kier molecular flexibility index (Phi) is 16.0. The summed E-state index contributed by atoms with van der Waals surface area (Å²) in [6.07, 6.45) is -51.2. The standard InChI is InChI=1S/C46H24F24O2P2/c47-39(48,49)25-11-26(40(50,51)52)16-33(15-25)73(34-17-27(41(53,54)55)12-28(18-34)42(56,57)58)71-37(23-7-3-1-4-8-23)38(24-9-5-2-6-10-24)72-74(35-19-29(43(59,60)61)13-30(20-35)44(62,63)64)36-21-31(45(65,66)67)14-32(22-36)46(68,69)70/h1-22,37-38H/t37-,38-/m0/s1. The van der Waals surface area contributed by atoms with Gasteiger partial charge in [-0.1, -0.05) is 60.7 Å². The Morgan fingerprint density at radius 2 is 0.405 bits per heavy atom. The summed E-state index contributed by atoms with van der Waals surface area (Å²) in [6, 6.07) is 7.30. The molecule has 0 spiro atoms. The molecule has 0 aliphatic rings. The lowest BCUT2D eigenvalue weighted by Crippen LogP contribution is -2.27. The molecular weight excluding hydrogens is 1100 g/mol. The van der Waals surface area contributed by atoms with Crippen LogP contribution in [0.5, 0.6) is 0 Å². The van der Waals surface area contributed by atoms with E-state index >= 15 is 0 Å². The molecular formula is C46H24F24O2P2. The molecule has 0 amide bonds. The molecule has 28 heteroatoms. The van der Waals surface area contributed by atoms with Crippen LogP contribution in [-0.4, -0.2) is 0 Å². The molecule has 0 unspecified atom stereocenters. The third-order valence-electron chi connectivity index (χ3n) is 10.2. The van der Waals surface area contributed by atoms with E-state index in [0.29, 0.717) is 0 Å². The van der Waals surface area contributed by atoms with Gasteiger partial charge in [0.1, 0.15) is 12.2 Å². The van der Waals surface area contributed by atoms with Crippen LogP contribution >= 0.6 is 16.3 Å². The normalized spacial score (nSPS) is 14.5. The van der Waals surface area contributed by atoms with Gasteiger partial charge in [-0.15, -0.1) is 0 Å². The topological polar surface area (TPSA) is 18.5 Å². The smallest absolute Gasteiger partial charge is 0.339 e. The minimum absolute atomic E-state index is 0.148. The van der Waals surface area contributed by atoms with E-state index in [1.165, 1.54) is 12.1 Å². The van der Waals surface area contributed by atoms with Gasteiger partial charge in [-0.05, 0) is 83.9 Å². The van der Waals surface area contributed by atoms with E-state index in [0.717, 1.165) is 48.5 Å². The second-order valence-electron chi connectivity index (χ2n) is 15.5. The van der Waals surface area contributed by atoms with Crippen LogP contribution in [0.4, 0.5) is 105 Å². The first kappa shape index (κ1) is 57.7. The van der Waals surface area contributed by atoms with Crippen LogP contribution in [0.3, 0.4) is 0 Å². The maximum Gasteiger partial charge on any atom is 0.416 e. The van der Waals surface area contributed by atoms with E-state index in [2.05, 4.69) is 0 Å². The van der Waals surface area contributed by atoms with Crippen molar-refractivity contribution in [2.45, 2.75) is 61.6 Å². The van der Waals surface area contributed by atoms with Gasteiger partial charge in [-0.25, -0.2) is 0 Å². The fourth-order valence-corrected chi connectivity index (χ4v) is 10.9. The largest absolute Gasteiger partial charge is 0.416 e. The van der Waals surface area contributed by atoms with Crippen LogP contribution in [0.15, 0.2) is 133 Å². The Balaban J connectivity index is 1.77. The third kappa shape index (κ3) is 14.0. The Labute approximate surface area is 402 Å². The van der Waals surface area contributed by atoms with E-state index in [4.69, 9.17) is 9.05 Å². The Morgan fingerprint density at radius 1 is 0.243 bits per heavy atom. The molecule has 0 heterocycles. The molecule has 2 atom stereocenters. The molecule has 6 aromatic carbocycles. The predicted octanol–water partition coefficient (Wildman–Crippen LogP) is 16.7. The summed E-state index contributed by atoms with van der Waals surface area (Å²) in [4.78, 5) is 0. The number of hydrogen-bond donors (Lipinski definition) is 0. The predicted molar refractivity (Wildman–Crippen MR) is 219 cm³/mol. The highest BCUT2D eigenvalue weighted by Gasteiger charge is 2.45. The zero-order chi connectivity index (χ0) is 55.4. The zero-order valence-corrected chi connectivity index (χ0v) is 37.4. The minimum atomic E-state index is -5.77. The van der Waals surface area contributed by atoms with Crippen LogP contribution in [0.1, 0.15) is 67.8 Å². The van der Waals surface area contributed by atoms with Crippen molar-refractivity contribution in [1.82, 2.24) is 0 Å². The molecule has 0 aromatic heterocycles. The molecule has 6 aromatic rings. The summed E-state index contributed by atoms with van der Waals surface area (Å²) in [5, 5.41) is -5.81. The van der Waals surface area contributed by atoms with Gasteiger partial charge in [0, 0.05) is 21.2 Å². The van der Waals surface area contributed by atoms with Crippen molar-refractivity contribution < 1.29 is 114 Å². The summed E-state index contributed by atoms with van der Waals surface area (Å²) in [5.41, 5.74) is -18.8. The molecule has 0 bridgehead atoms. The van der Waals surface area contributed by atoms with Crippen LogP contribution in [-0.2, 0) is 58.5 Å². The molecule has 0 fully saturated rings. The second kappa shape index (κ2) is 20.5. The van der Waals surface area contributed by atoms with E-state index in [1.807, 2.05) is 0 Å². The first-order chi connectivity index (χ1) is 33.7. The quantitative estimate of drug-likeness (QED) is 0.0951. The number of rotatable bonds is 11. The molecule has 0 saturated heterocycles. The average Bonchev–Trinajstić information content (AvgIpc) is 3.27. The van der Waals surface area contributed by atoms with Gasteiger partial charge in [0.05, 0.1) is 60.8 Å². The van der Waals surface area contributed by atoms with Crippen molar-refractivity contribution >= 4 is 37.5 Å². The SMILES string of the molecule is FC(F)(F)c1cc(P(O[C@@H](c2ccccc2)[C@@H](OP(c2cc(C(F)(F)F)cc(C(F)(F)F)c2)c2cc(C(F)(F)F)cc(C(F)(F)F)c2)c2ccccc2)c2cc(C(F)(F)F)cc(C(F)(F)F)c2)cc(C(F)(F)F)c1. The van der Waals surface area contributed by atoms with Crippen molar-refractivity contribution in [3.8, 4) is 0 Å². The van der Waals surface area contributed by atoms with Gasteiger partial charge in [0.2, 0.25) is 0 Å². The molecule has 398 valence electrons. The summed E-state index contributed by atoms with van der Waals surface area (Å²) >= 11 is 0. The summed E-state index contributed by atoms with van der Waals surface area (Å²) in [5.74, 6) is 0. The van der Waals surface area contributed by atoms with Crippen LogP contribution < -0.4 is 21.2 Å². The van der Waals surface area contributed by atoms with Crippen molar-refractivity contribution in [1.29, 1.82) is 0 Å². The lowest BCUT2D eigenvalue weighted by Gasteiger charge is -2.35. The van der Waals surface area contributed by atoms with Gasteiger partial charge in [0.25, 0.3) is 0 Å². The highest BCUT2D eigenvalue weighted by atomic mass is 31.1. The number of benzene rings is 6. The number of alkyl halides is 24. The fraction of sp³-hybridized carbons (Fsp3) is 0.217. The monoisotopic (exact) mass is 1130 g/mol. The van der Waals surface area contributed by atoms with Crippen molar-refractivity contribution in [2.75, 3.05) is 0 Å². The highest BCUT2D eigenvalue weighted by molar-refractivity contribution is 7.69. The van der Waals surface area contributed by atoms with Gasteiger partial charge < -0.3 is 9.05 Å². The van der Waals surface area contributed by atoms with Gasteiger partial charge in [0.15, 0.2) is 0 Å². The van der Waals surface area contributed by atoms with Gasteiger partial charge in [-0.2, -0.15) is 105 Å². The first-order valence-electron chi connectivity index (χ1n) is 19.9. The number of hydrogen-bond acceptors (Lipinski definition) is 2. The van der Waals surface area contributed by atoms with E-state index in [9.17, 15) is 105 Å². The molecule has 74 heavy (non-hydrogen) atoms. The van der Waals surface area contributed by atoms with E-state index in [1.54, 1.807) is 0 Å². The van der Waals surface area contributed by atoms with Gasteiger partial charge in [-0.3, -0.25) is 0 Å².